The van der Waals surface area contributed by atoms with E-state index in [9.17, 15) is 0 Å². The molecule has 0 saturated carbocycles. The van der Waals surface area contributed by atoms with Crippen molar-refractivity contribution in [3.05, 3.63) is 54.1 Å². The van der Waals surface area contributed by atoms with Gasteiger partial charge in [-0.1, -0.05) is 18.2 Å². The number of hydrogen-bond acceptors (Lipinski definition) is 3. The van der Waals surface area contributed by atoms with E-state index in [2.05, 4.69) is 22.8 Å². The fourth-order valence-electron chi connectivity index (χ4n) is 2.38. The first-order valence-electron chi connectivity index (χ1n) is 8.51. The summed E-state index contributed by atoms with van der Waals surface area (Å²) >= 11 is 5.35. The van der Waals surface area contributed by atoms with Gasteiger partial charge >= 0.3 is 0 Å². The van der Waals surface area contributed by atoms with E-state index in [1.807, 2.05) is 50.2 Å². The Balaban J connectivity index is 1.71. The van der Waals surface area contributed by atoms with Crippen LogP contribution >= 0.6 is 12.2 Å². The third-order valence-corrected chi connectivity index (χ3v) is 3.80. The largest absolute Gasteiger partial charge is 0.497 e. The maximum atomic E-state index is 5.69. The molecule has 0 aliphatic rings. The molecular formula is C20H26N2O2S. The van der Waals surface area contributed by atoms with E-state index in [-0.39, 0.29) is 6.10 Å². The van der Waals surface area contributed by atoms with Crippen LogP contribution in [0.25, 0.3) is 0 Å². The molecule has 0 radical (unpaired) electrons. The average Bonchev–Trinajstić information content (AvgIpc) is 2.59. The topological polar surface area (TPSA) is 42.5 Å². The second-order valence-corrected chi connectivity index (χ2v) is 6.44. The van der Waals surface area contributed by atoms with Crippen LogP contribution in [-0.2, 0) is 6.42 Å². The van der Waals surface area contributed by atoms with Gasteiger partial charge in [0.15, 0.2) is 5.11 Å². The Morgan fingerprint density at radius 2 is 1.84 bits per heavy atom. The highest BCUT2D eigenvalue weighted by atomic mass is 32.1. The Kier molecular flexibility index (Phi) is 7.54. The van der Waals surface area contributed by atoms with Gasteiger partial charge in [0.25, 0.3) is 0 Å². The number of ether oxygens (including phenoxy) is 2. The summed E-state index contributed by atoms with van der Waals surface area (Å²) in [6.45, 7) is 4.84. The number of anilines is 1. The normalized spacial score (nSPS) is 10.4. The molecule has 0 fully saturated rings. The van der Waals surface area contributed by atoms with E-state index in [1.165, 1.54) is 5.56 Å². The maximum Gasteiger partial charge on any atom is 0.170 e. The van der Waals surface area contributed by atoms with Crippen molar-refractivity contribution in [2.24, 2.45) is 0 Å². The number of methoxy groups -OCH3 is 1. The van der Waals surface area contributed by atoms with E-state index in [0.717, 1.165) is 36.6 Å². The van der Waals surface area contributed by atoms with Gasteiger partial charge in [0.05, 0.1) is 13.2 Å². The monoisotopic (exact) mass is 358 g/mol. The number of nitrogens with one attached hydrogen (secondary N) is 2. The summed E-state index contributed by atoms with van der Waals surface area (Å²) < 4.78 is 10.9. The number of hydrogen-bond donors (Lipinski definition) is 2. The molecule has 0 aliphatic heterocycles. The van der Waals surface area contributed by atoms with Gasteiger partial charge in [-0.15, -0.1) is 0 Å². The zero-order valence-electron chi connectivity index (χ0n) is 15.0. The third-order valence-electron chi connectivity index (χ3n) is 3.55. The summed E-state index contributed by atoms with van der Waals surface area (Å²) in [5.74, 6) is 1.72. The standard InChI is InChI=1S/C20H26N2O2S/c1-15(2)24-19-8-4-7-17(14-19)22-20(25)21-13-5-6-16-9-11-18(23-3)12-10-16/h4,7-12,14-15H,5-6,13H2,1-3H3,(H2,21,22,25). The zero-order chi connectivity index (χ0) is 18.1. The van der Waals surface area contributed by atoms with Gasteiger partial charge in [-0.3, -0.25) is 0 Å². The highest BCUT2D eigenvalue weighted by Crippen LogP contribution is 2.18. The van der Waals surface area contributed by atoms with Crippen LogP contribution in [0, 0.1) is 0 Å². The van der Waals surface area contributed by atoms with E-state index in [1.54, 1.807) is 7.11 Å². The Bertz CT molecular complexity index is 672. The predicted octanol–water partition coefficient (Wildman–Crippen LogP) is 4.40. The predicted molar refractivity (Wildman–Crippen MR) is 108 cm³/mol. The molecule has 0 heterocycles. The van der Waals surface area contributed by atoms with Crippen LogP contribution in [0.15, 0.2) is 48.5 Å². The minimum Gasteiger partial charge on any atom is -0.497 e. The van der Waals surface area contributed by atoms with Gasteiger partial charge in [-0.05, 0) is 68.7 Å². The molecule has 2 aromatic rings. The van der Waals surface area contributed by atoms with Crippen molar-refractivity contribution in [1.29, 1.82) is 0 Å². The van der Waals surface area contributed by atoms with Gasteiger partial charge in [0.2, 0.25) is 0 Å². The van der Waals surface area contributed by atoms with Crippen LogP contribution in [0.5, 0.6) is 11.5 Å². The lowest BCUT2D eigenvalue weighted by Gasteiger charge is -2.13. The molecule has 0 aromatic heterocycles. The van der Waals surface area contributed by atoms with Crippen LogP contribution in [0.3, 0.4) is 0 Å². The molecule has 2 N–H and O–H groups in total. The van der Waals surface area contributed by atoms with Crippen LogP contribution < -0.4 is 20.1 Å². The van der Waals surface area contributed by atoms with Crippen LogP contribution in [0.2, 0.25) is 0 Å². The van der Waals surface area contributed by atoms with Crippen molar-refractivity contribution in [3.63, 3.8) is 0 Å². The summed E-state index contributed by atoms with van der Waals surface area (Å²) in [7, 11) is 1.68. The molecule has 0 unspecified atom stereocenters. The van der Waals surface area contributed by atoms with E-state index >= 15 is 0 Å². The fraction of sp³-hybridized carbons (Fsp3) is 0.350. The molecule has 0 saturated heterocycles. The first-order valence-corrected chi connectivity index (χ1v) is 8.92. The highest BCUT2D eigenvalue weighted by Gasteiger charge is 2.02. The molecule has 0 spiro atoms. The van der Waals surface area contributed by atoms with Crippen molar-refractivity contribution in [2.45, 2.75) is 32.8 Å². The van der Waals surface area contributed by atoms with E-state index in [0.29, 0.717) is 5.11 Å². The molecule has 5 heteroatoms. The number of aryl methyl sites for hydroxylation is 1. The molecule has 134 valence electrons. The molecule has 0 aliphatic carbocycles. The molecule has 2 rings (SSSR count). The third kappa shape index (κ3) is 7.01. The Morgan fingerprint density at radius 3 is 2.52 bits per heavy atom. The van der Waals surface area contributed by atoms with Gasteiger partial charge < -0.3 is 20.1 Å². The SMILES string of the molecule is COc1ccc(CCCNC(=S)Nc2cccc(OC(C)C)c2)cc1. The minimum absolute atomic E-state index is 0.151. The van der Waals surface area contributed by atoms with Crippen LogP contribution in [-0.4, -0.2) is 24.9 Å². The van der Waals surface area contributed by atoms with Crippen molar-refractivity contribution < 1.29 is 9.47 Å². The smallest absolute Gasteiger partial charge is 0.170 e. The first-order chi connectivity index (χ1) is 12.1. The Hall–Kier alpha value is -2.27. The number of thiocarbonyl (C=S) groups is 1. The summed E-state index contributed by atoms with van der Waals surface area (Å²) in [5, 5.41) is 7.05. The lowest BCUT2D eigenvalue weighted by molar-refractivity contribution is 0.242. The quantitative estimate of drug-likeness (QED) is 0.541. The molecule has 25 heavy (non-hydrogen) atoms. The van der Waals surface area contributed by atoms with Gasteiger partial charge in [-0.2, -0.15) is 0 Å². The molecular weight excluding hydrogens is 332 g/mol. The van der Waals surface area contributed by atoms with Crippen molar-refractivity contribution in [2.75, 3.05) is 19.0 Å². The van der Waals surface area contributed by atoms with Crippen molar-refractivity contribution >= 4 is 23.0 Å². The van der Waals surface area contributed by atoms with E-state index < -0.39 is 0 Å². The molecule has 0 atom stereocenters. The van der Waals surface area contributed by atoms with E-state index in [4.69, 9.17) is 21.7 Å². The Labute approximate surface area is 155 Å². The second kappa shape index (κ2) is 9.89. The lowest BCUT2D eigenvalue weighted by atomic mass is 10.1. The first kappa shape index (κ1) is 19.1. The molecule has 2 aromatic carbocycles. The summed E-state index contributed by atoms with van der Waals surface area (Å²) in [4.78, 5) is 0. The molecule has 4 nitrogen and oxygen atoms in total. The average molecular weight is 359 g/mol. The van der Waals surface area contributed by atoms with Crippen LogP contribution in [0.1, 0.15) is 25.8 Å². The Morgan fingerprint density at radius 1 is 1.08 bits per heavy atom. The second-order valence-electron chi connectivity index (χ2n) is 6.03. The summed E-state index contributed by atoms with van der Waals surface area (Å²) in [5.41, 5.74) is 2.21. The summed E-state index contributed by atoms with van der Waals surface area (Å²) in [6.07, 6.45) is 2.15. The zero-order valence-corrected chi connectivity index (χ0v) is 15.9. The van der Waals surface area contributed by atoms with Crippen LogP contribution in [0.4, 0.5) is 5.69 Å². The number of benzene rings is 2. The molecule has 0 amide bonds. The van der Waals surface area contributed by atoms with Gasteiger partial charge in [0.1, 0.15) is 11.5 Å². The highest BCUT2D eigenvalue weighted by molar-refractivity contribution is 7.80. The van der Waals surface area contributed by atoms with Crippen molar-refractivity contribution in [3.8, 4) is 11.5 Å². The minimum atomic E-state index is 0.151. The summed E-state index contributed by atoms with van der Waals surface area (Å²) in [6, 6.07) is 16.0. The van der Waals surface area contributed by atoms with Crippen molar-refractivity contribution in [1.82, 2.24) is 5.32 Å². The van der Waals surface area contributed by atoms with Gasteiger partial charge in [-0.25, -0.2) is 0 Å². The number of rotatable bonds is 8. The fourth-order valence-corrected chi connectivity index (χ4v) is 2.60. The maximum absolute atomic E-state index is 5.69. The van der Waals surface area contributed by atoms with Gasteiger partial charge in [0, 0.05) is 18.3 Å². The molecule has 0 bridgehead atoms. The lowest BCUT2D eigenvalue weighted by Crippen LogP contribution is -2.29.